The van der Waals surface area contributed by atoms with E-state index in [0.29, 0.717) is 77.5 Å². The Labute approximate surface area is 372 Å². The quantitative estimate of drug-likeness (QED) is 0.0543. The molecule has 336 valence electrons. The highest BCUT2D eigenvalue weighted by atomic mass is 32.2. The average molecular weight is 891 g/mol. The smallest absolute Gasteiger partial charge is 0.328 e. The Bertz CT molecular complexity index is 2790. The third kappa shape index (κ3) is 10.1. The van der Waals surface area contributed by atoms with Crippen LogP contribution in [0.5, 0.6) is 17.2 Å². The zero-order valence-corrected chi connectivity index (χ0v) is 37.2. The molecule has 15 nitrogen and oxygen atoms in total. The number of piperidine rings is 1. The van der Waals surface area contributed by atoms with Crippen LogP contribution in [0.15, 0.2) is 101 Å². The van der Waals surface area contributed by atoms with Crippen molar-refractivity contribution in [3.63, 3.8) is 0 Å². The van der Waals surface area contributed by atoms with Gasteiger partial charge in [0.2, 0.25) is 5.91 Å². The summed E-state index contributed by atoms with van der Waals surface area (Å²) in [5, 5.41) is 8.89. The lowest BCUT2D eigenvalue weighted by molar-refractivity contribution is -0.125. The van der Waals surface area contributed by atoms with E-state index in [1.54, 1.807) is 74.8 Å². The second-order valence-corrected chi connectivity index (χ2v) is 18.2. The molecule has 1 aromatic heterocycles. The Morgan fingerprint density at radius 1 is 0.812 bits per heavy atom. The van der Waals surface area contributed by atoms with Crippen molar-refractivity contribution in [2.45, 2.75) is 81.4 Å². The van der Waals surface area contributed by atoms with Crippen LogP contribution in [0.2, 0.25) is 0 Å². The molecule has 0 radical (unpaired) electrons. The Hall–Kier alpha value is -6.68. The second kappa shape index (κ2) is 19.8. The van der Waals surface area contributed by atoms with Crippen molar-refractivity contribution in [1.82, 2.24) is 24.7 Å². The van der Waals surface area contributed by atoms with E-state index in [0.717, 1.165) is 55.5 Å². The number of fused-ring (bicyclic) bond motifs is 2. The summed E-state index contributed by atoms with van der Waals surface area (Å²) < 4.78 is 42.9. The SMILES string of the molecule is C=C1CCC(N2C(=O)c3ccc(NCCCCCCCCNC(=O)c4cccc(S(=O)(=O)Cc5cc6c(cc5Oc5cccc(OCCC)c5)n(C)c(=O)n6C)c4)cc3C2=O)C(=O)N1. The fraction of sp³-hybridized carbons (Fsp3) is 0.354. The number of nitrogens with one attached hydrogen (secondary N) is 3. The van der Waals surface area contributed by atoms with E-state index < -0.39 is 39.4 Å². The summed E-state index contributed by atoms with van der Waals surface area (Å²) in [6.07, 6.45) is 7.21. The van der Waals surface area contributed by atoms with Gasteiger partial charge in [0.25, 0.3) is 17.7 Å². The number of carbonyl (C=O) groups is 4. The van der Waals surface area contributed by atoms with Gasteiger partial charge in [-0.2, -0.15) is 0 Å². The maximum atomic E-state index is 14.0. The number of anilines is 1. The molecule has 1 fully saturated rings. The van der Waals surface area contributed by atoms with Crippen LogP contribution < -0.4 is 31.1 Å². The summed E-state index contributed by atoms with van der Waals surface area (Å²) in [6.45, 7) is 7.43. The lowest BCUT2D eigenvalue weighted by atomic mass is 10.0. The van der Waals surface area contributed by atoms with Crippen molar-refractivity contribution in [2.24, 2.45) is 14.1 Å². The summed E-state index contributed by atoms with van der Waals surface area (Å²) in [5.41, 5.74) is 3.35. The standard InChI is InChI=1S/C48H54N6O9S/c1-5-24-62-35-15-13-16-36(28-35)63-43-29-42-41(52(3)48(59)53(42)4)26-33(43)30-64(60,61)37-17-12-14-32(25-37)44(55)50-23-11-9-7-6-8-10-22-49-34-19-20-38-39(27-34)47(58)54(46(38)57)40-21-18-31(2)51-45(40)56/h12-17,19-20,25-29,40,49H,2,5-11,18,21-24,30H2,1,3-4H3,(H,50,55)(H,51,56). The predicted molar refractivity (Wildman–Crippen MR) is 244 cm³/mol. The van der Waals surface area contributed by atoms with Gasteiger partial charge in [-0.3, -0.25) is 33.2 Å². The van der Waals surface area contributed by atoms with E-state index in [1.807, 2.05) is 13.0 Å². The number of aryl methyl sites for hydroxylation is 2. The highest BCUT2D eigenvalue weighted by Gasteiger charge is 2.44. The summed E-state index contributed by atoms with van der Waals surface area (Å²) in [4.78, 5) is 65.7. The van der Waals surface area contributed by atoms with Gasteiger partial charge in [-0.05, 0) is 86.7 Å². The molecule has 16 heteroatoms. The number of unbranched alkanes of at least 4 members (excludes halogenated alkanes) is 5. The fourth-order valence-corrected chi connectivity index (χ4v) is 9.42. The molecule has 4 aromatic carbocycles. The number of imidazole rings is 1. The van der Waals surface area contributed by atoms with E-state index in [1.165, 1.54) is 21.3 Å². The molecule has 1 atom stereocenters. The molecule has 64 heavy (non-hydrogen) atoms. The molecule has 0 saturated carbocycles. The number of rotatable bonds is 20. The zero-order chi connectivity index (χ0) is 45.5. The topological polar surface area (TPSA) is 187 Å². The molecule has 0 aliphatic carbocycles. The molecule has 1 unspecified atom stereocenters. The molecule has 2 aliphatic heterocycles. The molecular weight excluding hydrogens is 837 g/mol. The van der Waals surface area contributed by atoms with Gasteiger partial charge >= 0.3 is 5.69 Å². The molecule has 0 spiro atoms. The summed E-state index contributed by atoms with van der Waals surface area (Å²) in [5.74, 6) is -0.785. The third-order valence-corrected chi connectivity index (χ3v) is 13.2. The number of allylic oxidation sites excluding steroid dienone is 1. The summed E-state index contributed by atoms with van der Waals surface area (Å²) in [7, 11) is -0.715. The van der Waals surface area contributed by atoms with Crippen molar-refractivity contribution in [3.8, 4) is 17.2 Å². The Morgan fingerprint density at radius 3 is 2.25 bits per heavy atom. The van der Waals surface area contributed by atoms with Gasteiger partial charge in [0.15, 0.2) is 9.84 Å². The Morgan fingerprint density at radius 2 is 1.50 bits per heavy atom. The van der Waals surface area contributed by atoms with Crippen LogP contribution in [0.3, 0.4) is 0 Å². The van der Waals surface area contributed by atoms with Crippen molar-refractivity contribution >= 4 is 50.2 Å². The molecule has 4 amide bonds. The third-order valence-electron chi connectivity index (χ3n) is 11.5. The van der Waals surface area contributed by atoms with E-state index in [2.05, 4.69) is 22.5 Å². The van der Waals surface area contributed by atoms with Crippen molar-refractivity contribution in [2.75, 3.05) is 25.0 Å². The number of imide groups is 1. The summed E-state index contributed by atoms with van der Waals surface area (Å²) in [6, 6.07) is 20.6. The largest absolute Gasteiger partial charge is 0.493 e. The first-order chi connectivity index (χ1) is 30.7. The van der Waals surface area contributed by atoms with Crippen LogP contribution in [0.4, 0.5) is 5.69 Å². The van der Waals surface area contributed by atoms with E-state index in [-0.39, 0.29) is 27.8 Å². The lowest BCUT2D eigenvalue weighted by Crippen LogP contribution is -2.51. The van der Waals surface area contributed by atoms with Gasteiger partial charge in [0.1, 0.15) is 23.3 Å². The Kier molecular flexibility index (Phi) is 14.0. The van der Waals surface area contributed by atoms with E-state index >= 15 is 0 Å². The number of amides is 4. The zero-order valence-electron chi connectivity index (χ0n) is 36.4. The second-order valence-electron chi connectivity index (χ2n) is 16.3. The number of sulfone groups is 1. The monoisotopic (exact) mass is 890 g/mol. The number of nitrogens with zero attached hydrogens (tertiary/aromatic N) is 3. The number of ether oxygens (including phenoxy) is 2. The predicted octanol–water partition coefficient (Wildman–Crippen LogP) is 7.00. The highest BCUT2D eigenvalue weighted by Crippen LogP contribution is 2.34. The molecule has 0 bridgehead atoms. The Balaban J connectivity index is 0.865. The molecule has 5 aromatic rings. The molecule has 1 saturated heterocycles. The average Bonchev–Trinajstić information content (AvgIpc) is 3.64. The van der Waals surface area contributed by atoms with Gasteiger partial charge in [-0.15, -0.1) is 0 Å². The fourth-order valence-electron chi connectivity index (χ4n) is 8.03. The van der Waals surface area contributed by atoms with Gasteiger partial charge < -0.3 is 25.4 Å². The number of carbonyl (C=O) groups excluding carboxylic acids is 4. The minimum Gasteiger partial charge on any atom is -0.493 e. The maximum Gasteiger partial charge on any atom is 0.328 e. The number of benzene rings is 4. The van der Waals surface area contributed by atoms with Crippen LogP contribution in [0.25, 0.3) is 11.0 Å². The minimum atomic E-state index is -3.99. The first-order valence-corrected chi connectivity index (χ1v) is 23.4. The van der Waals surface area contributed by atoms with Crippen molar-refractivity contribution < 1.29 is 37.1 Å². The highest BCUT2D eigenvalue weighted by molar-refractivity contribution is 7.90. The van der Waals surface area contributed by atoms with E-state index in [9.17, 15) is 32.4 Å². The van der Waals surface area contributed by atoms with Crippen molar-refractivity contribution in [3.05, 3.63) is 124 Å². The van der Waals surface area contributed by atoms with Crippen LogP contribution >= 0.6 is 0 Å². The van der Waals surface area contributed by atoms with Gasteiger partial charge in [0.05, 0.1) is 39.4 Å². The number of hydrogen-bond acceptors (Lipinski definition) is 10. The minimum absolute atomic E-state index is 0.0127. The molecule has 2 aliphatic rings. The number of hydrogen-bond donors (Lipinski definition) is 3. The molecule has 3 N–H and O–H groups in total. The van der Waals surface area contributed by atoms with Crippen LogP contribution in [0.1, 0.15) is 101 Å². The molecular formula is C48H54N6O9S. The number of aromatic nitrogens is 2. The van der Waals surface area contributed by atoms with Crippen molar-refractivity contribution in [1.29, 1.82) is 0 Å². The van der Waals surface area contributed by atoms with E-state index in [4.69, 9.17) is 9.47 Å². The summed E-state index contributed by atoms with van der Waals surface area (Å²) >= 11 is 0. The van der Waals surface area contributed by atoms with Gasteiger partial charge in [0, 0.05) is 61.8 Å². The molecule has 7 rings (SSSR count). The first-order valence-electron chi connectivity index (χ1n) is 21.7. The van der Waals surface area contributed by atoms with Crippen LogP contribution in [0, 0.1) is 0 Å². The van der Waals surface area contributed by atoms with Gasteiger partial charge in [-0.1, -0.05) is 51.3 Å². The van der Waals surface area contributed by atoms with Crippen LogP contribution in [-0.2, 0) is 34.5 Å². The normalized spacial score (nSPS) is 15.0. The lowest BCUT2D eigenvalue weighted by Gasteiger charge is -2.29. The maximum absolute atomic E-state index is 14.0. The first kappa shape index (κ1) is 45.3. The van der Waals surface area contributed by atoms with Crippen LogP contribution in [-0.4, -0.2) is 71.8 Å². The molecule has 3 heterocycles. The van der Waals surface area contributed by atoms with Gasteiger partial charge in [-0.25, -0.2) is 13.2 Å².